The van der Waals surface area contributed by atoms with Crippen LogP contribution in [0.2, 0.25) is 5.02 Å². The molecule has 1 aromatic carbocycles. The van der Waals surface area contributed by atoms with Gasteiger partial charge in [-0.25, -0.2) is 4.98 Å². The lowest BCUT2D eigenvalue weighted by Crippen LogP contribution is -2.23. The lowest BCUT2D eigenvalue weighted by molar-refractivity contribution is -0.111. The lowest BCUT2D eigenvalue weighted by Gasteiger charge is -2.24. The zero-order valence-electron chi connectivity index (χ0n) is 15.5. The number of aromatic nitrogens is 1. The van der Waals surface area contributed by atoms with E-state index in [1.54, 1.807) is 24.4 Å². The Morgan fingerprint density at radius 2 is 2.07 bits per heavy atom. The zero-order valence-corrected chi connectivity index (χ0v) is 16.2. The molecule has 0 saturated heterocycles. The van der Waals surface area contributed by atoms with E-state index in [9.17, 15) is 4.79 Å². The molecule has 1 saturated carbocycles. The van der Waals surface area contributed by atoms with Gasteiger partial charge in [0.15, 0.2) is 0 Å². The van der Waals surface area contributed by atoms with Crippen LogP contribution in [0.4, 0.5) is 17.2 Å². The summed E-state index contributed by atoms with van der Waals surface area (Å²) in [7, 11) is 0. The van der Waals surface area contributed by atoms with Crippen LogP contribution in [0, 0.1) is 6.92 Å². The van der Waals surface area contributed by atoms with Gasteiger partial charge in [-0.05, 0) is 55.7 Å². The summed E-state index contributed by atoms with van der Waals surface area (Å²) in [6.07, 6.45) is 11.2. The SMILES string of the molecule is Cc1cc(NC(=O)/C=C/c2cccnc2NC2CCCCC2)c(N)cc1Cl. The molecule has 1 aliphatic carbocycles. The van der Waals surface area contributed by atoms with Crippen LogP contribution in [0.5, 0.6) is 0 Å². The normalized spacial score (nSPS) is 15.0. The lowest BCUT2D eigenvalue weighted by atomic mass is 9.95. The molecule has 142 valence electrons. The summed E-state index contributed by atoms with van der Waals surface area (Å²) < 4.78 is 0. The number of pyridine rings is 1. The second-order valence-corrected chi connectivity index (χ2v) is 7.34. The van der Waals surface area contributed by atoms with Gasteiger partial charge in [0, 0.05) is 28.9 Å². The van der Waals surface area contributed by atoms with Crippen LogP contribution >= 0.6 is 11.6 Å². The Balaban J connectivity index is 1.68. The first-order valence-corrected chi connectivity index (χ1v) is 9.67. The van der Waals surface area contributed by atoms with Crippen LogP contribution in [0.1, 0.15) is 43.2 Å². The second kappa shape index (κ2) is 8.91. The number of halogens is 1. The molecule has 0 bridgehead atoms. The largest absolute Gasteiger partial charge is 0.397 e. The van der Waals surface area contributed by atoms with Crippen molar-refractivity contribution >= 4 is 40.8 Å². The number of nitrogens with one attached hydrogen (secondary N) is 2. The number of nitrogens with zero attached hydrogens (tertiary/aromatic N) is 1. The van der Waals surface area contributed by atoms with E-state index in [0.717, 1.165) is 29.8 Å². The van der Waals surface area contributed by atoms with Gasteiger partial charge in [0.25, 0.3) is 0 Å². The number of hydrogen-bond donors (Lipinski definition) is 3. The summed E-state index contributed by atoms with van der Waals surface area (Å²) in [5.41, 5.74) is 8.67. The van der Waals surface area contributed by atoms with Crippen molar-refractivity contribution in [3.63, 3.8) is 0 Å². The molecule has 0 unspecified atom stereocenters. The van der Waals surface area contributed by atoms with Crippen molar-refractivity contribution in [3.05, 3.63) is 52.7 Å². The summed E-state index contributed by atoms with van der Waals surface area (Å²) in [6.45, 7) is 1.87. The number of nitrogens with two attached hydrogens (primary N) is 1. The fourth-order valence-electron chi connectivity index (χ4n) is 3.26. The van der Waals surface area contributed by atoms with Gasteiger partial charge in [0.2, 0.25) is 5.91 Å². The highest BCUT2D eigenvalue weighted by Crippen LogP contribution is 2.27. The standard InChI is InChI=1S/C21H25ClN4O/c1-14-12-19(18(23)13-17(14)22)26-20(27)10-9-15-6-5-11-24-21(15)25-16-7-3-2-4-8-16/h5-6,9-13,16H,2-4,7-8,23H2,1H3,(H,24,25)(H,26,27)/b10-9+. The van der Waals surface area contributed by atoms with Crippen molar-refractivity contribution < 1.29 is 4.79 Å². The Morgan fingerprint density at radius 3 is 2.85 bits per heavy atom. The number of anilines is 3. The van der Waals surface area contributed by atoms with E-state index in [0.29, 0.717) is 22.4 Å². The Kier molecular flexibility index (Phi) is 6.35. The van der Waals surface area contributed by atoms with Crippen LogP contribution in [0.3, 0.4) is 0 Å². The third-order valence-electron chi connectivity index (χ3n) is 4.79. The summed E-state index contributed by atoms with van der Waals surface area (Å²) >= 11 is 6.04. The molecule has 0 radical (unpaired) electrons. The number of aryl methyl sites for hydroxylation is 1. The Morgan fingerprint density at radius 1 is 1.30 bits per heavy atom. The molecule has 4 N–H and O–H groups in total. The molecule has 3 rings (SSSR count). The van der Waals surface area contributed by atoms with Gasteiger partial charge in [-0.3, -0.25) is 4.79 Å². The minimum Gasteiger partial charge on any atom is -0.397 e. The number of carbonyl (C=O) groups excluding carboxylic acids is 1. The average Bonchev–Trinajstić information content (AvgIpc) is 2.66. The number of nitrogen functional groups attached to an aromatic ring is 1. The molecule has 0 spiro atoms. The molecule has 5 nitrogen and oxygen atoms in total. The maximum absolute atomic E-state index is 12.3. The van der Waals surface area contributed by atoms with E-state index >= 15 is 0 Å². The first kappa shape index (κ1) is 19.2. The Hall–Kier alpha value is -2.53. The minimum atomic E-state index is -0.254. The van der Waals surface area contributed by atoms with Gasteiger partial charge < -0.3 is 16.4 Å². The van der Waals surface area contributed by atoms with Crippen molar-refractivity contribution in [2.75, 3.05) is 16.4 Å². The van der Waals surface area contributed by atoms with E-state index in [1.165, 1.54) is 25.3 Å². The predicted octanol–water partition coefficient (Wildman–Crippen LogP) is 5.02. The molecule has 0 aliphatic heterocycles. The molecule has 1 aliphatic rings. The van der Waals surface area contributed by atoms with Crippen molar-refractivity contribution in [1.29, 1.82) is 0 Å². The van der Waals surface area contributed by atoms with Crippen LogP contribution in [0.15, 0.2) is 36.5 Å². The number of carbonyl (C=O) groups is 1. The topological polar surface area (TPSA) is 80.0 Å². The second-order valence-electron chi connectivity index (χ2n) is 6.93. The van der Waals surface area contributed by atoms with Gasteiger partial charge >= 0.3 is 0 Å². The van der Waals surface area contributed by atoms with Crippen molar-refractivity contribution in [2.24, 2.45) is 0 Å². The van der Waals surface area contributed by atoms with Crippen LogP contribution in [-0.4, -0.2) is 16.9 Å². The molecule has 0 atom stereocenters. The van der Waals surface area contributed by atoms with Crippen molar-refractivity contribution in [3.8, 4) is 0 Å². The van der Waals surface area contributed by atoms with E-state index < -0.39 is 0 Å². The van der Waals surface area contributed by atoms with Crippen LogP contribution in [0.25, 0.3) is 6.08 Å². The highest BCUT2D eigenvalue weighted by Gasteiger charge is 2.14. The predicted molar refractivity (Wildman–Crippen MR) is 113 cm³/mol. The van der Waals surface area contributed by atoms with Crippen LogP contribution in [-0.2, 0) is 4.79 Å². The maximum Gasteiger partial charge on any atom is 0.248 e. The molecule has 1 amide bonds. The van der Waals surface area contributed by atoms with E-state index in [2.05, 4.69) is 15.6 Å². The highest BCUT2D eigenvalue weighted by molar-refractivity contribution is 6.31. The van der Waals surface area contributed by atoms with Crippen molar-refractivity contribution in [1.82, 2.24) is 4.98 Å². The Bertz CT molecular complexity index is 844. The fourth-order valence-corrected chi connectivity index (χ4v) is 3.43. The minimum absolute atomic E-state index is 0.254. The first-order valence-electron chi connectivity index (χ1n) is 9.29. The van der Waals surface area contributed by atoms with Gasteiger partial charge in [-0.15, -0.1) is 0 Å². The van der Waals surface area contributed by atoms with Gasteiger partial charge in [-0.1, -0.05) is 30.9 Å². The molecule has 27 heavy (non-hydrogen) atoms. The maximum atomic E-state index is 12.3. The number of benzene rings is 1. The number of amides is 1. The summed E-state index contributed by atoms with van der Waals surface area (Å²) in [5.74, 6) is 0.561. The van der Waals surface area contributed by atoms with Gasteiger partial charge in [-0.2, -0.15) is 0 Å². The van der Waals surface area contributed by atoms with Crippen LogP contribution < -0.4 is 16.4 Å². The average molecular weight is 385 g/mol. The summed E-state index contributed by atoms with van der Waals surface area (Å²) in [6, 6.07) is 7.67. The van der Waals surface area contributed by atoms with Gasteiger partial charge in [0.1, 0.15) is 5.82 Å². The summed E-state index contributed by atoms with van der Waals surface area (Å²) in [4.78, 5) is 16.7. The summed E-state index contributed by atoms with van der Waals surface area (Å²) in [5, 5.41) is 6.89. The van der Waals surface area contributed by atoms with E-state index in [-0.39, 0.29) is 5.91 Å². The molecular formula is C21H25ClN4O. The smallest absolute Gasteiger partial charge is 0.248 e. The quantitative estimate of drug-likeness (QED) is 0.499. The molecule has 1 aromatic heterocycles. The number of rotatable bonds is 5. The molecule has 1 heterocycles. The third kappa shape index (κ3) is 5.23. The first-order chi connectivity index (χ1) is 13.0. The number of hydrogen-bond acceptors (Lipinski definition) is 4. The third-order valence-corrected chi connectivity index (χ3v) is 5.20. The monoisotopic (exact) mass is 384 g/mol. The fraction of sp³-hybridized carbons (Fsp3) is 0.333. The van der Waals surface area contributed by atoms with Gasteiger partial charge in [0.05, 0.1) is 11.4 Å². The molecule has 2 aromatic rings. The van der Waals surface area contributed by atoms with E-state index in [1.807, 2.05) is 19.1 Å². The molecule has 6 heteroatoms. The van der Waals surface area contributed by atoms with Crippen molar-refractivity contribution in [2.45, 2.75) is 45.1 Å². The van der Waals surface area contributed by atoms with E-state index in [4.69, 9.17) is 17.3 Å². The zero-order chi connectivity index (χ0) is 19.2. The highest BCUT2D eigenvalue weighted by atomic mass is 35.5. The molecular weight excluding hydrogens is 360 g/mol. The Labute approximate surface area is 165 Å². The molecule has 1 fully saturated rings.